The summed E-state index contributed by atoms with van der Waals surface area (Å²) in [6.07, 6.45) is 0. The van der Waals surface area contributed by atoms with Crippen LogP contribution in [0.2, 0.25) is 0 Å². The van der Waals surface area contributed by atoms with E-state index in [0.717, 1.165) is 12.1 Å². The van der Waals surface area contributed by atoms with Gasteiger partial charge in [-0.15, -0.1) is 0 Å². The molecule has 5 heteroatoms. The minimum absolute atomic E-state index is 0.159. The standard InChI is InChI=1S/C13H10F2N2O/c1-7-6-9(8(2)17-16-7)13(18)12-10(14)4-3-5-11(12)15/h3-6H,1-2H3. The molecule has 0 unspecified atom stereocenters. The summed E-state index contributed by atoms with van der Waals surface area (Å²) in [5, 5.41) is 7.54. The van der Waals surface area contributed by atoms with E-state index in [-0.39, 0.29) is 5.56 Å². The van der Waals surface area contributed by atoms with Gasteiger partial charge in [-0.1, -0.05) is 6.07 Å². The van der Waals surface area contributed by atoms with E-state index in [4.69, 9.17) is 0 Å². The maximum atomic E-state index is 13.5. The molecule has 18 heavy (non-hydrogen) atoms. The van der Waals surface area contributed by atoms with E-state index in [1.807, 2.05) is 0 Å². The van der Waals surface area contributed by atoms with Crippen molar-refractivity contribution in [2.24, 2.45) is 0 Å². The smallest absolute Gasteiger partial charge is 0.200 e. The van der Waals surface area contributed by atoms with Crippen molar-refractivity contribution in [3.05, 3.63) is 58.4 Å². The first-order chi connectivity index (χ1) is 8.50. The normalized spacial score (nSPS) is 10.4. The Balaban J connectivity index is 2.58. The molecule has 92 valence electrons. The molecule has 2 aromatic rings. The monoisotopic (exact) mass is 248 g/mol. The first-order valence-corrected chi connectivity index (χ1v) is 5.30. The van der Waals surface area contributed by atoms with Crippen molar-refractivity contribution >= 4 is 5.78 Å². The molecule has 0 aliphatic rings. The van der Waals surface area contributed by atoms with Crippen LogP contribution in [0.1, 0.15) is 27.3 Å². The number of carbonyl (C=O) groups is 1. The predicted octanol–water partition coefficient (Wildman–Crippen LogP) is 2.60. The minimum atomic E-state index is -0.881. The lowest BCUT2D eigenvalue weighted by Gasteiger charge is -2.06. The van der Waals surface area contributed by atoms with Gasteiger partial charge in [0.05, 0.1) is 17.0 Å². The van der Waals surface area contributed by atoms with E-state index in [9.17, 15) is 13.6 Å². The molecule has 2 rings (SSSR count). The van der Waals surface area contributed by atoms with Crippen LogP contribution in [-0.4, -0.2) is 16.0 Å². The maximum Gasteiger partial charge on any atom is 0.200 e. The Hall–Kier alpha value is -2.17. The van der Waals surface area contributed by atoms with Crippen molar-refractivity contribution in [2.75, 3.05) is 0 Å². The lowest BCUT2D eigenvalue weighted by molar-refractivity contribution is 0.103. The minimum Gasteiger partial charge on any atom is -0.288 e. The number of hydrogen-bond donors (Lipinski definition) is 0. The molecule has 0 radical (unpaired) electrons. The van der Waals surface area contributed by atoms with Gasteiger partial charge in [-0.3, -0.25) is 4.79 Å². The molecule has 0 saturated heterocycles. The molecule has 1 aromatic heterocycles. The van der Waals surface area contributed by atoms with Crippen molar-refractivity contribution < 1.29 is 13.6 Å². The van der Waals surface area contributed by atoms with Crippen molar-refractivity contribution in [1.82, 2.24) is 10.2 Å². The van der Waals surface area contributed by atoms with Gasteiger partial charge in [0.1, 0.15) is 11.6 Å². The summed E-state index contributed by atoms with van der Waals surface area (Å²) in [6.45, 7) is 3.22. The van der Waals surface area contributed by atoms with Crippen molar-refractivity contribution in [2.45, 2.75) is 13.8 Å². The predicted molar refractivity (Wildman–Crippen MR) is 61.3 cm³/mol. The van der Waals surface area contributed by atoms with Crippen LogP contribution in [-0.2, 0) is 0 Å². The highest BCUT2D eigenvalue weighted by Crippen LogP contribution is 2.18. The van der Waals surface area contributed by atoms with Crippen LogP contribution >= 0.6 is 0 Å². The number of carbonyl (C=O) groups excluding carboxylic acids is 1. The van der Waals surface area contributed by atoms with Gasteiger partial charge in [0.2, 0.25) is 5.78 Å². The third-order valence-electron chi connectivity index (χ3n) is 2.54. The zero-order valence-corrected chi connectivity index (χ0v) is 9.87. The topological polar surface area (TPSA) is 42.9 Å². The Morgan fingerprint density at radius 3 is 2.33 bits per heavy atom. The Labute approximate surface area is 102 Å². The second-order valence-electron chi connectivity index (χ2n) is 3.91. The summed E-state index contributed by atoms with van der Waals surface area (Å²) in [5.41, 5.74) is 0.452. The van der Waals surface area contributed by atoms with E-state index in [0.29, 0.717) is 11.4 Å². The van der Waals surface area contributed by atoms with Crippen molar-refractivity contribution in [3.63, 3.8) is 0 Å². The number of ketones is 1. The summed E-state index contributed by atoms with van der Waals surface area (Å²) in [4.78, 5) is 12.1. The number of hydrogen-bond acceptors (Lipinski definition) is 3. The molecule has 0 atom stereocenters. The van der Waals surface area contributed by atoms with Crippen molar-refractivity contribution in [3.8, 4) is 0 Å². The van der Waals surface area contributed by atoms with Crippen LogP contribution in [0.4, 0.5) is 8.78 Å². The molecule has 0 saturated carbocycles. The van der Waals surface area contributed by atoms with Crippen LogP contribution < -0.4 is 0 Å². The molecular weight excluding hydrogens is 238 g/mol. The molecular formula is C13H10F2N2O. The molecule has 0 N–H and O–H groups in total. The molecule has 3 nitrogen and oxygen atoms in total. The van der Waals surface area contributed by atoms with Gasteiger partial charge < -0.3 is 0 Å². The fourth-order valence-electron chi connectivity index (χ4n) is 1.63. The Bertz CT molecular complexity index is 606. The van der Waals surface area contributed by atoms with E-state index >= 15 is 0 Å². The second-order valence-corrected chi connectivity index (χ2v) is 3.91. The average molecular weight is 248 g/mol. The van der Waals surface area contributed by atoms with Crippen LogP contribution in [0, 0.1) is 25.5 Å². The van der Waals surface area contributed by atoms with Crippen LogP contribution in [0.5, 0.6) is 0 Å². The van der Waals surface area contributed by atoms with Gasteiger partial charge >= 0.3 is 0 Å². The fraction of sp³-hybridized carbons (Fsp3) is 0.154. The van der Waals surface area contributed by atoms with Gasteiger partial charge in [0, 0.05) is 5.56 Å². The maximum absolute atomic E-state index is 13.5. The third-order valence-corrected chi connectivity index (χ3v) is 2.54. The fourth-order valence-corrected chi connectivity index (χ4v) is 1.63. The molecule has 0 aliphatic heterocycles. The van der Waals surface area contributed by atoms with Crippen LogP contribution in [0.3, 0.4) is 0 Å². The largest absolute Gasteiger partial charge is 0.288 e. The Kier molecular flexibility index (Phi) is 3.14. The molecule has 0 fully saturated rings. The van der Waals surface area contributed by atoms with Gasteiger partial charge in [0.15, 0.2) is 0 Å². The number of nitrogens with zero attached hydrogens (tertiary/aromatic N) is 2. The Morgan fingerprint density at radius 1 is 1.11 bits per heavy atom. The molecule has 0 bridgehead atoms. The molecule has 1 aromatic carbocycles. The van der Waals surface area contributed by atoms with Gasteiger partial charge in [-0.25, -0.2) is 8.78 Å². The van der Waals surface area contributed by atoms with Gasteiger partial charge in [-0.05, 0) is 32.0 Å². The number of rotatable bonds is 2. The van der Waals surface area contributed by atoms with Gasteiger partial charge in [-0.2, -0.15) is 10.2 Å². The Morgan fingerprint density at radius 2 is 1.72 bits per heavy atom. The van der Waals surface area contributed by atoms with Crippen LogP contribution in [0.15, 0.2) is 24.3 Å². The van der Waals surface area contributed by atoms with E-state index < -0.39 is 23.0 Å². The van der Waals surface area contributed by atoms with E-state index in [1.54, 1.807) is 13.8 Å². The van der Waals surface area contributed by atoms with E-state index in [2.05, 4.69) is 10.2 Å². The lowest BCUT2D eigenvalue weighted by Crippen LogP contribution is -2.11. The zero-order valence-electron chi connectivity index (χ0n) is 9.87. The van der Waals surface area contributed by atoms with Crippen LogP contribution in [0.25, 0.3) is 0 Å². The first kappa shape index (κ1) is 12.3. The summed E-state index contributed by atoms with van der Waals surface area (Å²) in [6, 6.07) is 4.78. The molecule has 1 heterocycles. The highest BCUT2D eigenvalue weighted by atomic mass is 19.1. The number of aromatic nitrogens is 2. The number of aryl methyl sites for hydroxylation is 2. The summed E-state index contributed by atoms with van der Waals surface area (Å²) < 4.78 is 27.0. The molecule has 0 aliphatic carbocycles. The third kappa shape index (κ3) is 2.11. The highest BCUT2D eigenvalue weighted by molar-refractivity contribution is 6.10. The lowest BCUT2D eigenvalue weighted by atomic mass is 10.0. The SMILES string of the molecule is Cc1cc(C(=O)c2c(F)cccc2F)c(C)nn1. The molecule has 0 amide bonds. The second kappa shape index (κ2) is 4.60. The number of halogens is 2. The summed E-state index contributed by atoms with van der Waals surface area (Å²) in [5.74, 6) is -2.48. The van der Waals surface area contributed by atoms with E-state index in [1.165, 1.54) is 12.1 Å². The van der Waals surface area contributed by atoms with Gasteiger partial charge in [0.25, 0.3) is 0 Å². The quantitative estimate of drug-likeness (QED) is 0.767. The molecule has 0 spiro atoms. The highest BCUT2D eigenvalue weighted by Gasteiger charge is 2.21. The average Bonchev–Trinajstić information content (AvgIpc) is 2.32. The first-order valence-electron chi connectivity index (χ1n) is 5.30. The summed E-state index contributed by atoms with van der Waals surface area (Å²) in [7, 11) is 0. The summed E-state index contributed by atoms with van der Waals surface area (Å²) >= 11 is 0. The number of benzene rings is 1. The van der Waals surface area contributed by atoms with Crippen molar-refractivity contribution in [1.29, 1.82) is 0 Å². The zero-order chi connectivity index (χ0) is 13.3.